The van der Waals surface area contributed by atoms with E-state index in [1.807, 2.05) is 0 Å². The number of nitrogens with one attached hydrogen (secondary N) is 1. The third-order valence-electron chi connectivity index (χ3n) is 4.28. The average molecular weight is 383 g/mol. The van der Waals surface area contributed by atoms with Crippen LogP contribution in [-0.2, 0) is 6.67 Å². The van der Waals surface area contributed by atoms with E-state index in [9.17, 15) is 22.4 Å². The first-order valence-electron chi connectivity index (χ1n) is 8.06. The number of rotatable bonds is 5. The molecule has 0 bridgehead atoms. The summed E-state index contributed by atoms with van der Waals surface area (Å²) in [6.45, 7) is 0.643. The maximum atomic E-state index is 13.9. The normalized spacial score (nSPS) is 12.7. The van der Waals surface area contributed by atoms with Crippen molar-refractivity contribution in [3.63, 3.8) is 0 Å². The fourth-order valence-corrected chi connectivity index (χ4v) is 2.80. The number of anilines is 1. The van der Waals surface area contributed by atoms with Gasteiger partial charge in [0.1, 0.15) is 23.6 Å². The highest BCUT2D eigenvalue weighted by molar-refractivity contribution is 5.78. The number of aromatic amines is 1. The Morgan fingerprint density at radius 3 is 2.56 bits per heavy atom. The van der Waals surface area contributed by atoms with E-state index in [4.69, 9.17) is 0 Å². The van der Waals surface area contributed by atoms with Gasteiger partial charge in [0.05, 0.1) is 11.6 Å². The van der Waals surface area contributed by atoms with Crippen molar-refractivity contribution in [1.29, 1.82) is 0 Å². The lowest BCUT2D eigenvalue weighted by Crippen LogP contribution is -2.20. The Kier molecular flexibility index (Phi) is 4.90. The molecule has 144 valence electrons. The summed E-state index contributed by atoms with van der Waals surface area (Å²) in [4.78, 5) is 20.8. The van der Waals surface area contributed by atoms with Crippen LogP contribution in [0.2, 0.25) is 0 Å². The smallest absolute Gasteiger partial charge is 0.266 e. The van der Waals surface area contributed by atoms with Crippen molar-refractivity contribution in [3.8, 4) is 0 Å². The van der Waals surface area contributed by atoms with Gasteiger partial charge < -0.3 is 4.90 Å². The van der Waals surface area contributed by atoms with Crippen LogP contribution < -0.4 is 10.5 Å². The van der Waals surface area contributed by atoms with Crippen LogP contribution in [0.4, 0.5) is 23.5 Å². The minimum Gasteiger partial charge on any atom is -0.348 e. The monoisotopic (exact) mass is 383 g/mol. The quantitative estimate of drug-likeness (QED) is 0.687. The Bertz CT molecular complexity index is 1040. The van der Waals surface area contributed by atoms with Crippen molar-refractivity contribution >= 4 is 17.0 Å². The van der Waals surface area contributed by atoms with Crippen molar-refractivity contribution in [3.05, 3.63) is 51.2 Å². The molecule has 2 aromatic heterocycles. The lowest BCUT2D eigenvalue weighted by atomic mass is 10.1. The first-order chi connectivity index (χ1) is 12.7. The number of fused-ring (bicyclic) bond motifs is 1. The van der Waals surface area contributed by atoms with Crippen molar-refractivity contribution in [2.75, 3.05) is 19.0 Å². The molecule has 0 saturated heterocycles. The van der Waals surface area contributed by atoms with E-state index < -0.39 is 36.1 Å². The number of nitrogens with zero attached hydrogens (tertiary/aromatic N) is 4. The first-order valence-corrected chi connectivity index (χ1v) is 8.06. The molecule has 1 N–H and O–H groups in total. The lowest BCUT2D eigenvalue weighted by Gasteiger charge is -2.16. The van der Waals surface area contributed by atoms with Gasteiger partial charge in [-0.15, -0.1) is 0 Å². The summed E-state index contributed by atoms with van der Waals surface area (Å²) in [5.74, 6) is -0.804. The highest BCUT2D eigenvalue weighted by atomic mass is 19.3. The second kappa shape index (κ2) is 7.01. The minimum absolute atomic E-state index is 0.000350. The average Bonchev–Trinajstić information content (AvgIpc) is 2.99. The van der Waals surface area contributed by atoms with E-state index in [2.05, 4.69) is 15.1 Å². The molecule has 6 nitrogen and oxygen atoms in total. The molecule has 1 atom stereocenters. The Hall–Kier alpha value is -2.91. The van der Waals surface area contributed by atoms with Gasteiger partial charge in [-0.25, -0.2) is 22.2 Å². The molecular formula is C17H17F4N5O. The molecule has 0 aliphatic rings. The van der Waals surface area contributed by atoms with E-state index in [-0.39, 0.29) is 22.7 Å². The van der Waals surface area contributed by atoms with Crippen molar-refractivity contribution in [2.45, 2.75) is 26.1 Å². The van der Waals surface area contributed by atoms with Crippen LogP contribution in [0.5, 0.6) is 0 Å². The second-order valence-electron chi connectivity index (χ2n) is 6.27. The van der Waals surface area contributed by atoms with Gasteiger partial charge in [-0.05, 0) is 18.6 Å². The molecule has 0 amide bonds. The first kappa shape index (κ1) is 18.9. The Morgan fingerprint density at radius 1 is 1.30 bits per heavy atom. The van der Waals surface area contributed by atoms with Crippen LogP contribution in [0.15, 0.2) is 23.0 Å². The van der Waals surface area contributed by atoms with Gasteiger partial charge in [-0.1, -0.05) is 12.1 Å². The standard InChI is InChI=1S/C17H17F4N5O/c1-8(9-4-5-10(14(20)21)11(19)6-9)26-15-13(12(7-18)24-26)16(27)23-17(22-15)25(2)3/h4-6,8,14H,7H2,1-3H3,(H,22,23,27)/t8-/m0/s1. The Labute approximate surface area is 151 Å². The number of alkyl halides is 3. The van der Waals surface area contributed by atoms with Crippen LogP contribution in [0.1, 0.15) is 36.2 Å². The van der Waals surface area contributed by atoms with Gasteiger partial charge in [-0.2, -0.15) is 10.1 Å². The van der Waals surface area contributed by atoms with Crippen LogP contribution in [-0.4, -0.2) is 33.8 Å². The molecule has 3 rings (SSSR count). The lowest BCUT2D eigenvalue weighted by molar-refractivity contribution is 0.146. The second-order valence-corrected chi connectivity index (χ2v) is 6.27. The predicted molar refractivity (Wildman–Crippen MR) is 92.5 cm³/mol. The number of aromatic nitrogens is 4. The van der Waals surface area contributed by atoms with Crippen LogP contribution in [0.25, 0.3) is 11.0 Å². The third-order valence-corrected chi connectivity index (χ3v) is 4.28. The topological polar surface area (TPSA) is 66.8 Å². The van der Waals surface area contributed by atoms with Crippen LogP contribution in [0.3, 0.4) is 0 Å². The zero-order valence-electron chi connectivity index (χ0n) is 14.8. The fourth-order valence-electron chi connectivity index (χ4n) is 2.80. The molecule has 0 spiro atoms. The number of hydrogen-bond donors (Lipinski definition) is 1. The summed E-state index contributed by atoms with van der Waals surface area (Å²) in [5, 5.41) is 4.10. The molecule has 0 saturated carbocycles. The molecule has 2 heterocycles. The van der Waals surface area contributed by atoms with E-state index in [0.717, 1.165) is 12.1 Å². The summed E-state index contributed by atoms with van der Waals surface area (Å²) in [5.41, 5.74) is -0.888. The number of H-pyrrole nitrogens is 1. The van der Waals surface area contributed by atoms with Crippen molar-refractivity contribution in [2.24, 2.45) is 0 Å². The largest absolute Gasteiger partial charge is 0.348 e. The number of benzene rings is 1. The van der Waals surface area contributed by atoms with E-state index in [1.165, 1.54) is 10.7 Å². The molecule has 0 aliphatic heterocycles. The summed E-state index contributed by atoms with van der Waals surface area (Å²) >= 11 is 0. The fraction of sp³-hybridized carbons (Fsp3) is 0.353. The van der Waals surface area contributed by atoms with Gasteiger partial charge in [-0.3, -0.25) is 9.78 Å². The molecule has 0 radical (unpaired) electrons. The van der Waals surface area contributed by atoms with Crippen LogP contribution >= 0.6 is 0 Å². The van der Waals surface area contributed by atoms with Gasteiger partial charge in [0.15, 0.2) is 5.65 Å². The van der Waals surface area contributed by atoms with E-state index in [0.29, 0.717) is 5.56 Å². The summed E-state index contributed by atoms with van der Waals surface area (Å²) in [7, 11) is 3.34. The summed E-state index contributed by atoms with van der Waals surface area (Å²) in [6.07, 6.45) is -2.93. The van der Waals surface area contributed by atoms with Crippen LogP contribution in [0, 0.1) is 5.82 Å². The zero-order chi connectivity index (χ0) is 19.9. The molecular weight excluding hydrogens is 366 g/mol. The van der Waals surface area contributed by atoms with E-state index in [1.54, 1.807) is 25.9 Å². The van der Waals surface area contributed by atoms with Gasteiger partial charge in [0.2, 0.25) is 5.95 Å². The zero-order valence-corrected chi connectivity index (χ0v) is 14.8. The highest BCUT2D eigenvalue weighted by Crippen LogP contribution is 2.28. The summed E-state index contributed by atoms with van der Waals surface area (Å²) < 4.78 is 54.1. The molecule has 0 unspecified atom stereocenters. The van der Waals surface area contributed by atoms with Gasteiger partial charge in [0.25, 0.3) is 12.0 Å². The maximum absolute atomic E-state index is 13.9. The molecule has 1 aromatic carbocycles. The SMILES string of the molecule is C[C@@H](c1ccc(C(F)F)c(F)c1)n1nc(CF)c2c(=O)[nH]c(N(C)C)nc21. The molecule has 3 aromatic rings. The third kappa shape index (κ3) is 3.26. The van der Waals surface area contributed by atoms with Gasteiger partial charge >= 0.3 is 0 Å². The minimum atomic E-state index is -2.93. The molecule has 0 fully saturated rings. The summed E-state index contributed by atoms with van der Waals surface area (Å²) in [6, 6.07) is 2.66. The predicted octanol–water partition coefficient (Wildman–Crippen LogP) is 3.34. The molecule has 10 heteroatoms. The maximum Gasteiger partial charge on any atom is 0.266 e. The van der Waals surface area contributed by atoms with E-state index >= 15 is 0 Å². The Morgan fingerprint density at radius 2 is 2.00 bits per heavy atom. The Balaban J connectivity index is 2.18. The van der Waals surface area contributed by atoms with Crippen molar-refractivity contribution < 1.29 is 17.6 Å². The van der Waals surface area contributed by atoms with Gasteiger partial charge in [0, 0.05) is 14.1 Å². The highest BCUT2D eigenvalue weighted by Gasteiger charge is 2.22. The van der Waals surface area contributed by atoms with Crippen molar-refractivity contribution in [1.82, 2.24) is 19.7 Å². The number of halogens is 4. The molecule has 27 heavy (non-hydrogen) atoms. The molecule has 0 aliphatic carbocycles. The number of hydrogen-bond acceptors (Lipinski definition) is 4.